The average Bonchev–Trinajstić information content (AvgIpc) is 3.22. The fourth-order valence-electron chi connectivity index (χ4n) is 4.00. The smallest absolute Gasteiger partial charge is 0.240 e. The second-order valence-corrected chi connectivity index (χ2v) is 10.3. The van der Waals surface area contributed by atoms with Crippen LogP contribution in [-0.4, -0.2) is 24.4 Å². The van der Waals surface area contributed by atoms with Gasteiger partial charge >= 0.3 is 0 Å². The van der Waals surface area contributed by atoms with Crippen LogP contribution in [0, 0.1) is 0 Å². The van der Waals surface area contributed by atoms with E-state index in [4.69, 9.17) is 0 Å². The fourth-order valence-corrected chi connectivity index (χ4v) is 5.99. The summed E-state index contributed by atoms with van der Waals surface area (Å²) >= 11 is 1.60. The number of aromatic nitrogens is 2. The fraction of sp³-hybridized carbons (Fsp3) is 0.273. The van der Waals surface area contributed by atoms with E-state index in [-0.39, 0.29) is 10.9 Å². The minimum absolute atomic E-state index is 0.0239. The molecule has 0 radical (unpaired) electrons. The van der Waals surface area contributed by atoms with Crippen molar-refractivity contribution in [3.05, 3.63) is 54.2 Å². The Balaban J connectivity index is 1.48. The molecule has 0 amide bonds. The first-order valence-electron chi connectivity index (χ1n) is 10.1. The summed E-state index contributed by atoms with van der Waals surface area (Å²) in [4.78, 5) is 9.03. The van der Waals surface area contributed by atoms with Gasteiger partial charge in [0.25, 0.3) is 0 Å². The Kier molecular flexibility index (Phi) is 5.14. The largest absolute Gasteiger partial charge is 0.355 e. The first kappa shape index (κ1) is 19.4. The number of hydrogen-bond acceptors (Lipinski definition) is 6. The summed E-state index contributed by atoms with van der Waals surface area (Å²) in [6, 6.07) is 13.0. The summed E-state index contributed by atoms with van der Waals surface area (Å²) in [7, 11) is -3.58. The highest BCUT2D eigenvalue weighted by atomic mass is 32.2. The number of rotatable bonds is 5. The van der Waals surface area contributed by atoms with Gasteiger partial charge < -0.3 is 5.32 Å². The van der Waals surface area contributed by atoms with Gasteiger partial charge in [0.2, 0.25) is 10.0 Å². The number of nitrogens with zero attached hydrogens (tertiary/aromatic N) is 2. The lowest BCUT2D eigenvalue weighted by atomic mass is 9.96. The molecule has 1 saturated carbocycles. The molecule has 8 heteroatoms. The number of benzene rings is 2. The van der Waals surface area contributed by atoms with Gasteiger partial charge in [-0.15, -0.1) is 11.3 Å². The SMILES string of the molecule is O=S(=O)(NC1CCCCC1)c1ccc2nccc(Nc3ccc4scnc4c3)c2c1. The predicted molar refractivity (Wildman–Crippen MR) is 122 cm³/mol. The zero-order valence-electron chi connectivity index (χ0n) is 16.3. The third-order valence-corrected chi connectivity index (χ3v) is 7.89. The van der Waals surface area contributed by atoms with Crippen LogP contribution in [0.5, 0.6) is 0 Å². The lowest BCUT2D eigenvalue weighted by molar-refractivity contribution is 0.412. The van der Waals surface area contributed by atoms with E-state index in [1.54, 1.807) is 35.7 Å². The van der Waals surface area contributed by atoms with Crippen LogP contribution in [0.3, 0.4) is 0 Å². The van der Waals surface area contributed by atoms with Crippen LogP contribution < -0.4 is 10.0 Å². The van der Waals surface area contributed by atoms with Crippen LogP contribution >= 0.6 is 11.3 Å². The molecule has 0 atom stereocenters. The normalized spacial score (nSPS) is 15.6. The topological polar surface area (TPSA) is 84.0 Å². The predicted octanol–water partition coefficient (Wildman–Crippen LogP) is 5.20. The molecule has 4 aromatic rings. The van der Waals surface area contributed by atoms with E-state index < -0.39 is 10.0 Å². The molecular weight excluding hydrogens is 416 g/mol. The summed E-state index contributed by atoms with van der Waals surface area (Å²) in [6.07, 6.45) is 6.86. The van der Waals surface area contributed by atoms with Crippen LogP contribution in [0.4, 0.5) is 11.4 Å². The van der Waals surface area contributed by atoms with Crippen molar-refractivity contribution < 1.29 is 8.42 Å². The molecule has 2 heterocycles. The summed E-state index contributed by atoms with van der Waals surface area (Å²) in [6.45, 7) is 0. The molecule has 0 bridgehead atoms. The molecule has 30 heavy (non-hydrogen) atoms. The molecule has 0 spiro atoms. The number of pyridine rings is 1. The van der Waals surface area contributed by atoms with Crippen molar-refractivity contribution in [2.45, 2.75) is 43.0 Å². The highest BCUT2D eigenvalue weighted by Crippen LogP contribution is 2.30. The van der Waals surface area contributed by atoms with Gasteiger partial charge in [0, 0.05) is 29.0 Å². The molecule has 154 valence electrons. The number of thiazole rings is 1. The molecule has 0 aliphatic heterocycles. The molecule has 2 aromatic heterocycles. The maximum Gasteiger partial charge on any atom is 0.240 e. The van der Waals surface area contributed by atoms with Crippen molar-refractivity contribution in [1.82, 2.24) is 14.7 Å². The third-order valence-electron chi connectivity index (χ3n) is 5.56. The monoisotopic (exact) mass is 438 g/mol. The van der Waals surface area contributed by atoms with Crippen molar-refractivity contribution in [3.8, 4) is 0 Å². The number of nitrogens with one attached hydrogen (secondary N) is 2. The highest BCUT2D eigenvalue weighted by molar-refractivity contribution is 7.89. The van der Waals surface area contributed by atoms with Gasteiger partial charge in [0.15, 0.2) is 0 Å². The number of anilines is 2. The van der Waals surface area contributed by atoms with Crippen molar-refractivity contribution in [3.63, 3.8) is 0 Å². The third kappa shape index (κ3) is 3.90. The van der Waals surface area contributed by atoms with E-state index in [1.807, 2.05) is 29.8 Å². The Bertz CT molecular complexity index is 1310. The summed E-state index contributed by atoms with van der Waals surface area (Å²) in [5, 5.41) is 4.16. The lowest BCUT2D eigenvalue weighted by Crippen LogP contribution is -2.36. The minimum atomic E-state index is -3.58. The van der Waals surface area contributed by atoms with Gasteiger partial charge in [-0.1, -0.05) is 19.3 Å². The quantitative estimate of drug-likeness (QED) is 0.447. The van der Waals surface area contributed by atoms with Crippen LogP contribution in [-0.2, 0) is 10.0 Å². The molecule has 1 aliphatic carbocycles. The van der Waals surface area contributed by atoms with E-state index in [2.05, 4.69) is 20.0 Å². The molecule has 0 unspecified atom stereocenters. The molecule has 2 N–H and O–H groups in total. The first-order chi connectivity index (χ1) is 14.6. The number of fused-ring (bicyclic) bond motifs is 2. The second-order valence-electron chi connectivity index (χ2n) is 7.65. The zero-order chi connectivity index (χ0) is 20.6. The molecule has 6 nitrogen and oxygen atoms in total. The van der Waals surface area contributed by atoms with E-state index in [0.717, 1.165) is 58.2 Å². The standard InChI is InChI=1S/C22H22N4O2S2/c27-30(28,26-15-4-2-1-3-5-15)17-7-8-19-18(13-17)20(10-11-23-19)25-16-6-9-22-21(12-16)24-14-29-22/h6-15,26H,1-5H2,(H,23,25). The van der Waals surface area contributed by atoms with Gasteiger partial charge in [0.1, 0.15) is 0 Å². The molecule has 5 rings (SSSR count). The van der Waals surface area contributed by atoms with Gasteiger partial charge in [-0.05, 0) is 55.3 Å². The zero-order valence-corrected chi connectivity index (χ0v) is 18.0. The lowest BCUT2D eigenvalue weighted by Gasteiger charge is -2.22. The maximum absolute atomic E-state index is 13.0. The van der Waals surface area contributed by atoms with Crippen LogP contribution in [0.25, 0.3) is 21.1 Å². The molecule has 1 fully saturated rings. The van der Waals surface area contributed by atoms with E-state index in [0.29, 0.717) is 0 Å². The van der Waals surface area contributed by atoms with E-state index in [1.165, 1.54) is 6.42 Å². The van der Waals surface area contributed by atoms with Gasteiger partial charge in [0.05, 0.1) is 26.1 Å². The van der Waals surface area contributed by atoms with Gasteiger partial charge in [-0.2, -0.15) is 0 Å². The van der Waals surface area contributed by atoms with Crippen molar-refractivity contribution >= 4 is 53.9 Å². The second kappa shape index (κ2) is 7.94. The molecule has 1 aliphatic rings. The first-order valence-corrected chi connectivity index (χ1v) is 12.5. The van der Waals surface area contributed by atoms with Crippen LogP contribution in [0.15, 0.2) is 59.1 Å². The van der Waals surface area contributed by atoms with Crippen molar-refractivity contribution in [2.24, 2.45) is 0 Å². The highest BCUT2D eigenvalue weighted by Gasteiger charge is 2.22. The summed E-state index contributed by atoms with van der Waals surface area (Å²) < 4.78 is 30.0. The Morgan fingerprint density at radius 3 is 2.67 bits per heavy atom. The molecular formula is C22H22N4O2S2. The van der Waals surface area contributed by atoms with E-state index >= 15 is 0 Å². The Morgan fingerprint density at radius 2 is 1.80 bits per heavy atom. The maximum atomic E-state index is 13.0. The Labute approximate surface area is 179 Å². The Hall–Kier alpha value is -2.55. The molecule has 0 saturated heterocycles. The van der Waals surface area contributed by atoms with Crippen molar-refractivity contribution in [1.29, 1.82) is 0 Å². The number of hydrogen-bond donors (Lipinski definition) is 2. The minimum Gasteiger partial charge on any atom is -0.355 e. The van der Waals surface area contributed by atoms with Crippen LogP contribution in [0.1, 0.15) is 32.1 Å². The van der Waals surface area contributed by atoms with Crippen molar-refractivity contribution in [2.75, 3.05) is 5.32 Å². The summed E-state index contributed by atoms with van der Waals surface area (Å²) in [5.41, 5.74) is 5.21. The molecule has 2 aromatic carbocycles. The summed E-state index contributed by atoms with van der Waals surface area (Å²) in [5.74, 6) is 0. The van der Waals surface area contributed by atoms with Crippen LogP contribution in [0.2, 0.25) is 0 Å². The van der Waals surface area contributed by atoms with Gasteiger partial charge in [-0.3, -0.25) is 4.98 Å². The average molecular weight is 439 g/mol. The van der Waals surface area contributed by atoms with E-state index in [9.17, 15) is 8.42 Å². The Morgan fingerprint density at radius 1 is 0.933 bits per heavy atom. The number of sulfonamides is 1. The van der Waals surface area contributed by atoms with Gasteiger partial charge in [-0.25, -0.2) is 18.1 Å².